The molecule has 0 unspecified atom stereocenters. The largest absolute Gasteiger partial charge is 0.377 e. The molecule has 2 aromatic rings. The predicted octanol–water partition coefficient (Wildman–Crippen LogP) is 4.60. The van der Waals surface area contributed by atoms with E-state index in [0.29, 0.717) is 17.3 Å². The van der Waals surface area contributed by atoms with Crippen molar-refractivity contribution in [2.45, 2.75) is 19.4 Å². The van der Waals surface area contributed by atoms with Gasteiger partial charge in [-0.05, 0) is 56.3 Å². The van der Waals surface area contributed by atoms with Gasteiger partial charge in [0.15, 0.2) is 0 Å². The van der Waals surface area contributed by atoms with Gasteiger partial charge in [0.1, 0.15) is 0 Å². The van der Waals surface area contributed by atoms with Crippen molar-refractivity contribution in [1.29, 1.82) is 0 Å². The van der Waals surface area contributed by atoms with Crippen LogP contribution in [0.5, 0.6) is 0 Å². The summed E-state index contributed by atoms with van der Waals surface area (Å²) in [4.78, 5) is 14.4. The molecule has 6 heteroatoms. The summed E-state index contributed by atoms with van der Waals surface area (Å²) >= 11 is 5.92. The number of hydrogen-bond acceptors (Lipinski definition) is 3. The lowest BCUT2D eigenvalue weighted by Gasteiger charge is -2.43. The maximum Gasteiger partial charge on any atom is 0.323 e. The van der Waals surface area contributed by atoms with Crippen molar-refractivity contribution in [3.63, 3.8) is 0 Å². The van der Waals surface area contributed by atoms with Crippen LogP contribution < -0.4 is 15.5 Å². The lowest BCUT2D eigenvalue weighted by Crippen LogP contribution is -2.53. The molecule has 1 fully saturated rings. The van der Waals surface area contributed by atoms with E-state index in [4.69, 9.17) is 16.3 Å². The highest BCUT2D eigenvalue weighted by Gasteiger charge is 2.30. The first-order valence-electron chi connectivity index (χ1n) is 8.23. The normalized spacial score (nSPS) is 16.4. The van der Waals surface area contributed by atoms with E-state index in [1.165, 1.54) is 0 Å². The lowest BCUT2D eigenvalue weighted by atomic mass is 10.0. The second-order valence-electron chi connectivity index (χ2n) is 6.65. The monoisotopic (exact) mass is 359 g/mol. The van der Waals surface area contributed by atoms with Crippen molar-refractivity contribution < 1.29 is 9.53 Å². The highest BCUT2D eigenvalue weighted by Crippen LogP contribution is 2.28. The first kappa shape index (κ1) is 17.6. The number of nitrogens with zero attached hydrogens (tertiary/aromatic N) is 1. The number of carbonyl (C=O) groups excluding carboxylic acids is 1. The van der Waals surface area contributed by atoms with Crippen LogP contribution in [0.25, 0.3) is 0 Å². The lowest BCUT2D eigenvalue weighted by molar-refractivity contribution is 0.0644. The van der Waals surface area contributed by atoms with Gasteiger partial charge in [0.05, 0.1) is 18.8 Å². The molecular formula is C19H22ClN3O2. The highest BCUT2D eigenvalue weighted by molar-refractivity contribution is 6.30. The second-order valence-corrected chi connectivity index (χ2v) is 7.09. The van der Waals surface area contributed by atoms with E-state index >= 15 is 0 Å². The van der Waals surface area contributed by atoms with Crippen LogP contribution >= 0.6 is 11.6 Å². The molecule has 1 heterocycles. The number of benzene rings is 2. The molecule has 0 bridgehead atoms. The van der Waals surface area contributed by atoms with Crippen molar-refractivity contribution in [3.05, 3.63) is 53.6 Å². The third-order valence-electron chi connectivity index (χ3n) is 4.16. The van der Waals surface area contributed by atoms with Crippen LogP contribution in [0.3, 0.4) is 0 Å². The van der Waals surface area contributed by atoms with Gasteiger partial charge in [-0.1, -0.05) is 17.7 Å². The minimum absolute atomic E-state index is 0.0445. The fourth-order valence-corrected chi connectivity index (χ4v) is 3.11. The number of anilines is 3. The first-order valence-corrected chi connectivity index (χ1v) is 8.61. The second kappa shape index (κ2) is 7.33. The maximum absolute atomic E-state index is 12.1. The van der Waals surface area contributed by atoms with E-state index in [1.807, 2.05) is 24.3 Å². The first-order chi connectivity index (χ1) is 11.9. The molecule has 25 heavy (non-hydrogen) atoms. The summed E-state index contributed by atoms with van der Waals surface area (Å²) in [5.74, 6) is 0. The van der Waals surface area contributed by atoms with Gasteiger partial charge in [0, 0.05) is 28.6 Å². The van der Waals surface area contributed by atoms with E-state index in [-0.39, 0.29) is 11.6 Å². The van der Waals surface area contributed by atoms with Crippen LogP contribution in [0.15, 0.2) is 48.5 Å². The van der Waals surface area contributed by atoms with Gasteiger partial charge in [-0.2, -0.15) is 0 Å². The summed E-state index contributed by atoms with van der Waals surface area (Å²) in [6.07, 6.45) is 0. The number of morpholine rings is 1. The van der Waals surface area contributed by atoms with Crippen LogP contribution in [0.1, 0.15) is 13.8 Å². The number of hydrogen-bond donors (Lipinski definition) is 2. The molecule has 1 saturated heterocycles. The van der Waals surface area contributed by atoms with E-state index in [1.54, 1.807) is 24.3 Å². The molecule has 2 N–H and O–H groups in total. The van der Waals surface area contributed by atoms with Gasteiger partial charge in [0.25, 0.3) is 0 Å². The molecule has 0 spiro atoms. The van der Waals surface area contributed by atoms with Gasteiger partial charge in [-0.25, -0.2) is 4.79 Å². The van der Waals surface area contributed by atoms with Crippen molar-refractivity contribution in [2.75, 3.05) is 35.3 Å². The standard InChI is InChI=1S/C19H22ClN3O2/c1-19(2)13-25-11-10-23(19)17-8-6-15(7-9-17)21-18(24)22-16-5-3-4-14(20)12-16/h3-9,12H,10-11,13H2,1-2H3,(H2,21,22,24). The Labute approximate surface area is 152 Å². The van der Waals surface area contributed by atoms with Gasteiger partial charge in [-0.3, -0.25) is 0 Å². The molecule has 2 aromatic carbocycles. The summed E-state index contributed by atoms with van der Waals surface area (Å²) in [6.45, 7) is 6.61. The Bertz CT molecular complexity index is 747. The Hall–Kier alpha value is -2.24. The zero-order chi connectivity index (χ0) is 17.9. The average molecular weight is 360 g/mol. The van der Waals surface area contributed by atoms with Crippen molar-refractivity contribution in [3.8, 4) is 0 Å². The number of nitrogens with one attached hydrogen (secondary N) is 2. The number of ether oxygens (including phenoxy) is 1. The molecule has 0 aliphatic carbocycles. The molecule has 132 valence electrons. The average Bonchev–Trinajstić information content (AvgIpc) is 2.55. The molecule has 1 aliphatic rings. The number of urea groups is 1. The van der Waals surface area contributed by atoms with Crippen LogP contribution in [0.4, 0.5) is 21.9 Å². The minimum atomic E-state index is -0.304. The molecular weight excluding hydrogens is 338 g/mol. The number of carbonyl (C=O) groups is 1. The topological polar surface area (TPSA) is 53.6 Å². The Morgan fingerprint density at radius 3 is 2.52 bits per heavy atom. The van der Waals surface area contributed by atoms with Crippen LogP contribution in [-0.4, -0.2) is 31.3 Å². The molecule has 1 aliphatic heterocycles. The van der Waals surface area contributed by atoms with E-state index in [9.17, 15) is 4.79 Å². The molecule has 5 nitrogen and oxygen atoms in total. The quantitative estimate of drug-likeness (QED) is 0.842. The van der Waals surface area contributed by atoms with Crippen molar-refractivity contribution in [2.24, 2.45) is 0 Å². The van der Waals surface area contributed by atoms with Crippen molar-refractivity contribution in [1.82, 2.24) is 0 Å². The molecule has 0 radical (unpaired) electrons. The number of rotatable bonds is 3. The molecule has 0 atom stereocenters. The van der Waals surface area contributed by atoms with Gasteiger partial charge in [0.2, 0.25) is 0 Å². The predicted molar refractivity (Wildman–Crippen MR) is 103 cm³/mol. The zero-order valence-corrected chi connectivity index (χ0v) is 15.1. The van der Waals surface area contributed by atoms with Gasteiger partial charge < -0.3 is 20.3 Å². The zero-order valence-electron chi connectivity index (χ0n) is 14.4. The SMILES string of the molecule is CC1(C)COCCN1c1ccc(NC(=O)Nc2cccc(Cl)c2)cc1. The minimum Gasteiger partial charge on any atom is -0.377 e. The summed E-state index contributed by atoms with van der Waals surface area (Å²) < 4.78 is 5.56. The van der Waals surface area contributed by atoms with Crippen LogP contribution in [0, 0.1) is 0 Å². The van der Waals surface area contributed by atoms with E-state index < -0.39 is 0 Å². The summed E-state index contributed by atoms with van der Waals surface area (Å²) in [5, 5.41) is 6.16. The van der Waals surface area contributed by atoms with E-state index in [2.05, 4.69) is 29.4 Å². The molecule has 0 saturated carbocycles. The smallest absolute Gasteiger partial charge is 0.323 e. The molecule has 2 amide bonds. The fourth-order valence-electron chi connectivity index (χ4n) is 2.92. The fraction of sp³-hybridized carbons (Fsp3) is 0.316. The van der Waals surface area contributed by atoms with E-state index in [0.717, 1.165) is 24.5 Å². The Kier molecular flexibility index (Phi) is 5.16. The number of amides is 2. The van der Waals surface area contributed by atoms with Gasteiger partial charge in [-0.15, -0.1) is 0 Å². The summed E-state index contributed by atoms with van der Waals surface area (Å²) in [6, 6.07) is 14.6. The summed E-state index contributed by atoms with van der Waals surface area (Å²) in [5.41, 5.74) is 2.46. The van der Waals surface area contributed by atoms with Crippen molar-refractivity contribution >= 4 is 34.7 Å². The van der Waals surface area contributed by atoms with Crippen LogP contribution in [-0.2, 0) is 4.74 Å². The van der Waals surface area contributed by atoms with Crippen LogP contribution in [0.2, 0.25) is 5.02 Å². The third-order valence-corrected chi connectivity index (χ3v) is 4.40. The Morgan fingerprint density at radius 1 is 1.12 bits per heavy atom. The number of halogens is 1. The molecule has 3 rings (SSSR count). The molecule has 0 aromatic heterocycles. The Balaban J connectivity index is 1.63. The van der Waals surface area contributed by atoms with Gasteiger partial charge >= 0.3 is 6.03 Å². The third kappa shape index (κ3) is 4.44. The maximum atomic E-state index is 12.1. The Morgan fingerprint density at radius 2 is 1.84 bits per heavy atom. The summed E-state index contributed by atoms with van der Waals surface area (Å²) in [7, 11) is 0. The highest BCUT2D eigenvalue weighted by atomic mass is 35.5.